The van der Waals surface area contributed by atoms with Crippen molar-refractivity contribution in [3.05, 3.63) is 70.9 Å². The molecule has 12 heteroatoms. The molecule has 2 atom stereocenters. The van der Waals surface area contributed by atoms with Gasteiger partial charge >= 0.3 is 12.2 Å². The third kappa shape index (κ3) is 5.67. The summed E-state index contributed by atoms with van der Waals surface area (Å²) in [5, 5.41) is 7.89. The van der Waals surface area contributed by atoms with Crippen molar-refractivity contribution in [3.63, 3.8) is 0 Å². The maximum atomic E-state index is 13.5. The number of carbonyl (C=O) groups excluding carboxylic acids is 2. The molecule has 0 saturated heterocycles. The Balaban J connectivity index is 1.29. The lowest BCUT2D eigenvalue weighted by molar-refractivity contribution is -0.137. The van der Waals surface area contributed by atoms with Crippen molar-refractivity contribution in [1.82, 2.24) is 10.3 Å². The van der Waals surface area contributed by atoms with E-state index < -0.39 is 29.5 Å². The van der Waals surface area contributed by atoms with Crippen LogP contribution in [0.5, 0.6) is 17.2 Å². The van der Waals surface area contributed by atoms with Crippen LogP contribution >= 0.6 is 0 Å². The van der Waals surface area contributed by atoms with Crippen molar-refractivity contribution < 1.29 is 32.2 Å². The van der Waals surface area contributed by atoms with Crippen LogP contribution in [0.25, 0.3) is 0 Å². The fourth-order valence-electron chi connectivity index (χ4n) is 4.62. The van der Waals surface area contributed by atoms with E-state index in [9.17, 15) is 22.8 Å². The van der Waals surface area contributed by atoms with Gasteiger partial charge in [-0.05, 0) is 68.3 Å². The van der Waals surface area contributed by atoms with Crippen LogP contribution < -0.4 is 31.2 Å². The molecule has 3 amide bonds. The van der Waals surface area contributed by atoms with Crippen LogP contribution in [-0.2, 0) is 22.9 Å². The molecule has 40 heavy (non-hydrogen) atoms. The van der Waals surface area contributed by atoms with Gasteiger partial charge in [-0.1, -0.05) is 6.92 Å². The highest BCUT2D eigenvalue weighted by Crippen LogP contribution is 2.41. The second-order valence-corrected chi connectivity index (χ2v) is 10.4. The van der Waals surface area contributed by atoms with E-state index in [0.717, 1.165) is 23.3 Å². The number of rotatable bonds is 5. The number of pyridine rings is 1. The van der Waals surface area contributed by atoms with E-state index in [4.69, 9.17) is 15.2 Å². The summed E-state index contributed by atoms with van der Waals surface area (Å²) in [7, 11) is 0. The Hall–Kier alpha value is -4.32. The van der Waals surface area contributed by atoms with E-state index in [0.29, 0.717) is 35.9 Å². The van der Waals surface area contributed by atoms with E-state index in [1.165, 1.54) is 6.07 Å². The first-order valence-electron chi connectivity index (χ1n) is 12.6. The molecule has 2 aromatic carbocycles. The van der Waals surface area contributed by atoms with E-state index in [1.54, 1.807) is 44.3 Å². The summed E-state index contributed by atoms with van der Waals surface area (Å²) in [6.45, 7) is 5.01. The summed E-state index contributed by atoms with van der Waals surface area (Å²) in [5.41, 5.74) is 5.82. The Bertz CT molecular complexity index is 1450. The molecule has 2 aliphatic heterocycles. The van der Waals surface area contributed by atoms with Gasteiger partial charge in [0.15, 0.2) is 6.23 Å². The number of anilines is 2. The highest BCUT2D eigenvalue weighted by molar-refractivity contribution is 5.93. The van der Waals surface area contributed by atoms with Gasteiger partial charge in [0.2, 0.25) is 5.91 Å². The Labute approximate surface area is 228 Å². The lowest BCUT2D eigenvalue weighted by atomic mass is 9.93. The molecule has 0 bridgehead atoms. The van der Waals surface area contributed by atoms with Gasteiger partial charge in [0.05, 0.1) is 5.56 Å². The minimum absolute atomic E-state index is 0.0448. The summed E-state index contributed by atoms with van der Waals surface area (Å²) in [6, 6.07) is 9.48. The molecule has 0 fully saturated rings. The lowest BCUT2D eigenvalue weighted by Crippen LogP contribution is -2.42. The second-order valence-electron chi connectivity index (χ2n) is 10.4. The van der Waals surface area contributed by atoms with Crippen molar-refractivity contribution >= 4 is 23.4 Å². The number of alkyl halides is 3. The van der Waals surface area contributed by atoms with E-state index >= 15 is 0 Å². The number of hydrogen-bond acceptors (Lipinski definition) is 6. The fraction of sp³-hybridized carbons (Fsp3) is 0.321. The van der Waals surface area contributed by atoms with Crippen molar-refractivity contribution in [1.29, 1.82) is 0 Å². The number of urea groups is 1. The Morgan fingerprint density at radius 2 is 1.88 bits per heavy atom. The molecule has 9 nitrogen and oxygen atoms in total. The lowest BCUT2D eigenvalue weighted by Gasteiger charge is -2.23. The second kappa shape index (κ2) is 10.0. The maximum absolute atomic E-state index is 13.5. The smallest absolute Gasteiger partial charge is 0.416 e. The number of carbonyl (C=O) groups is 2. The summed E-state index contributed by atoms with van der Waals surface area (Å²) < 4.78 is 52.4. The molecule has 0 radical (unpaired) electrons. The number of nitrogens with one attached hydrogen (secondary N) is 3. The molecular formula is C28H28F3N5O4. The largest absolute Gasteiger partial charge is 0.470 e. The monoisotopic (exact) mass is 555 g/mol. The zero-order chi connectivity index (χ0) is 28.8. The number of ether oxygens (including phenoxy) is 2. The van der Waals surface area contributed by atoms with Crippen molar-refractivity contribution in [2.75, 3.05) is 10.6 Å². The van der Waals surface area contributed by atoms with Crippen LogP contribution in [0, 0.1) is 0 Å². The van der Waals surface area contributed by atoms with Crippen LogP contribution in [0.2, 0.25) is 0 Å². The Morgan fingerprint density at radius 1 is 1.12 bits per heavy atom. The molecule has 210 valence electrons. The number of fused-ring (bicyclic) bond motifs is 2. The van der Waals surface area contributed by atoms with Gasteiger partial charge in [-0.3, -0.25) is 4.79 Å². The van der Waals surface area contributed by atoms with Gasteiger partial charge in [0.25, 0.3) is 0 Å². The van der Waals surface area contributed by atoms with Crippen LogP contribution in [0.4, 0.5) is 29.5 Å². The van der Waals surface area contributed by atoms with Crippen LogP contribution in [-0.4, -0.2) is 23.2 Å². The molecule has 5 rings (SSSR count). The summed E-state index contributed by atoms with van der Waals surface area (Å²) in [4.78, 5) is 28.7. The zero-order valence-electron chi connectivity index (χ0n) is 22.0. The Morgan fingerprint density at radius 3 is 2.60 bits per heavy atom. The average Bonchev–Trinajstić information content (AvgIpc) is 3.17. The predicted molar refractivity (Wildman–Crippen MR) is 141 cm³/mol. The van der Waals surface area contributed by atoms with Crippen molar-refractivity contribution in [3.8, 4) is 17.2 Å². The molecule has 1 aromatic heterocycles. The molecular weight excluding hydrogens is 527 g/mol. The first-order chi connectivity index (χ1) is 18.8. The average molecular weight is 556 g/mol. The van der Waals surface area contributed by atoms with E-state index in [2.05, 4.69) is 20.9 Å². The third-order valence-corrected chi connectivity index (χ3v) is 6.82. The number of amides is 3. The molecule has 0 saturated carbocycles. The van der Waals surface area contributed by atoms with Gasteiger partial charge < -0.3 is 31.2 Å². The van der Waals surface area contributed by atoms with Gasteiger partial charge in [-0.25, -0.2) is 9.78 Å². The first kappa shape index (κ1) is 27.3. The van der Waals surface area contributed by atoms with Crippen molar-refractivity contribution in [2.45, 2.75) is 57.5 Å². The highest BCUT2D eigenvalue weighted by Gasteiger charge is 2.34. The number of benzene rings is 2. The Kier molecular flexibility index (Phi) is 6.82. The topological polar surface area (TPSA) is 128 Å². The van der Waals surface area contributed by atoms with E-state index in [1.807, 2.05) is 6.92 Å². The number of nitrogens with two attached hydrogens (primary N) is 1. The third-order valence-electron chi connectivity index (χ3n) is 6.82. The van der Waals surface area contributed by atoms with E-state index in [-0.39, 0.29) is 23.1 Å². The quantitative estimate of drug-likeness (QED) is 0.324. The maximum Gasteiger partial charge on any atom is 0.416 e. The SMILES string of the molecule is C[C@H]1c2cc(Oc3ccnc4c3CCC(=O)N4)ccc2O[C@H]1NC(=O)Nc1cc(C(C)(C)N)cc(C(F)(F)F)c1. The standard InChI is InChI=1S/C28H28F3N5O4/c1-14-20-13-18(39-22-8-9-33-24-19(22)5-7-23(37)35-24)4-6-21(20)40-25(14)36-26(38)34-17-11-15(27(2,3)32)10-16(12-17)28(29,30)31/h4,6,8-14,25H,5,7,32H2,1-3H3,(H,33,35,37)(H2,34,36,38)/t14-,25+/m0/s1. The van der Waals surface area contributed by atoms with Gasteiger partial charge in [0.1, 0.15) is 23.1 Å². The van der Waals surface area contributed by atoms with Crippen LogP contribution in [0.1, 0.15) is 55.4 Å². The molecule has 0 spiro atoms. The summed E-state index contributed by atoms with van der Waals surface area (Å²) in [5.74, 6) is 1.73. The van der Waals surface area contributed by atoms with Gasteiger partial charge in [-0.2, -0.15) is 13.2 Å². The highest BCUT2D eigenvalue weighted by atomic mass is 19.4. The predicted octanol–water partition coefficient (Wildman–Crippen LogP) is 5.61. The van der Waals surface area contributed by atoms with Crippen molar-refractivity contribution in [2.24, 2.45) is 5.73 Å². The number of nitrogens with zero attached hydrogens (tertiary/aromatic N) is 1. The summed E-state index contributed by atoms with van der Waals surface area (Å²) >= 11 is 0. The van der Waals surface area contributed by atoms with Gasteiger partial charge in [-0.15, -0.1) is 0 Å². The summed E-state index contributed by atoms with van der Waals surface area (Å²) in [6.07, 6.45) is -2.98. The normalized spacial score (nSPS) is 18.2. The minimum atomic E-state index is -4.61. The van der Waals surface area contributed by atoms with Crippen LogP contribution in [0.15, 0.2) is 48.7 Å². The fourth-order valence-corrected chi connectivity index (χ4v) is 4.62. The molecule has 5 N–H and O–H groups in total. The number of hydrogen-bond donors (Lipinski definition) is 4. The van der Waals surface area contributed by atoms with Gasteiger partial charge in [0, 0.05) is 40.9 Å². The van der Waals surface area contributed by atoms with Crippen LogP contribution in [0.3, 0.4) is 0 Å². The molecule has 0 unspecified atom stereocenters. The molecule has 3 aromatic rings. The number of halogens is 3. The zero-order valence-corrected chi connectivity index (χ0v) is 22.0. The molecule has 2 aliphatic rings. The molecule has 0 aliphatic carbocycles. The number of aromatic nitrogens is 1. The molecule has 3 heterocycles. The minimum Gasteiger partial charge on any atom is -0.470 e. The first-order valence-corrected chi connectivity index (χ1v) is 12.6.